The number of methoxy groups -OCH3 is 1. The van der Waals surface area contributed by atoms with Crippen LogP contribution in [0.4, 0.5) is 0 Å². The van der Waals surface area contributed by atoms with E-state index in [0.29, 0.717) is 11.8 Å². The number of aromatic nitrogens is 2. The Hall–Kier alpha value is -1.69. The van der Waals surface area contributed by atoms with Crippen LogP contribution in [0.15, 0.2) is 18.2 Å². The maximum Gasteiger partial charge on any atom is 0.188 e. The molecule has 4 rings (SSSR count). The number of hydrogen-bond donors (Lipinski definition) is 0. The molecule has 1 aliphatic heterocycles. The number of nitrogens with zero attached hydrogens (tertiary/aromatic N) is 2. The summed E-state index contributed by atoms with van der Waals surface area (Å²) < 4.78 is 16.8. The van der Waals surface area contributed by atoms with E-state index in [1.807, 2.05) is 25.1 Å². The smallest absolute Gasteiger partial charge is 0.188 e. The van der Waals surface area contributed by atoms with Crippen LogP contribution in [0.3, 0.4) is 0 Å². The fourth-order valence-corrected chi connectivity index (χ4v) is 3.38. The SMILES string of the molecule is COCOc1cc(C)ccc1-c1nnc(Cl)c2c1COC1(CC1)C2. The molecule has 126 valence electrons. The summed E-state index contributed by atoms with van der Waals surface area (Å²) in [6.07, 6.45) is 2.99. The molecule has 0 bridgehead atoms. The predicted molar refractivity (Wildman–Crippen MR) is 90.2 cm³/mol. The number of hydrogen-bond acceptors (Lipinski definition) is 5. The summed E-state index contributed by atoms with van der Waals surface area (Å²) in [6.45, 7) is 2.71. The highest BCUT2D eigenvalue weighted by Crippen LogP contribution is 2.49. The minimum Gasteiger partial charge on any atom is -0.467 e. The number of rotatable bonds is 4. The lowest BCUT2D eigenvalue weighted by Gasteiger charge is -2.27. The summed E-state index contributed by atoms with van der Waals surface area (Å²) in [5.41, 5.74) is 4.82. The molecule has 1 aliphatic carbocycles. The van der Waals surface area contributed by atoms with Gasteiger partial charge in [0.05, 0.1) is 12.2 Å². The normalized spacial score (nSPS) is 17.6. The van der Waals surface area contributed by atoms with Crippen LogP contribution in [0.1, 0.15) is 29.5 Å². The van der Waals surface area contributed by atoms with Gasteiger partial charge >= 0.3 is 0 Å². The molecule has 24 heavy (non-hydrogen) atoms. The Morgan fingerprint density at radius 1 is 1.25 bits per heavy atom. The maximum absolute atomic E-state index is 6.32. The van der Waals surface area contributed by atoms with Crippen LogP contribution in [-0.4, -0.2) is 29.7 Å². The van der Waals surface area contributed by atoms with Crippen molar-refractivity contribution in [2.24, 2.45) is 0 Å². The second-order valence-electron chi connectivity index (χ2n) is 6.50. The molecule has 0 amide bonds. The second-order valence-corrected chi connectivity index (χ2v) is 6.85. The Bertz CT molecular complexity index is 790. The summed E-state index contributed by atoms with van der Waals surface area (Å²) in [5.74, 6) is 0.724. The molecule has 0 saturated heterocycles. The average molecular weight is 347 g/mol. The van der Waals surface area contributed by atoms with E-state index in [2.05, 4.69) is 10.2 Å². The summed E-state index contributed by atoms with van der Waals surface area (Å²) in [5, 5.41) is 9.01. The van der Waals surface area contributed by atoms with Crippen molar-refractivity contribution in [2.45, 2.75) is 38.4 Å². The molecule has 6 heteroatoms. The standard InChI is InChI=1S/C18H19ClN2O3/c1-11-3-4-12(15(7-11)23-10-22-2)16-14-9-24-18(5-6-18)8-13(14)17(19)21-20-16/h3-4,7H,5-6,8-10H2,1-2H3. The summed E-state index contributed by atoms with van der Waals surface area (Å²) in [7, 11) is 1.60. The summed E-state index contributed by atoms with van der Waals surface area (Å²) >= 11 is 6.32. The molecule has 1 saturated carbocycles. The highest BCUT2D eigenvalue weighted by atomic mass is 35.5. The Kier molecular flexibility index (Phi) is 3.95. The lowest BCUT2D eigenvalue weighted by atomic mass is 9.95. The van der Waals surface area contributed by atoms with Crippen molar-refractivity contribution >= 4 is 11.6 Å². The van der Waals surface area contributed by atoms with Crippen LogP contribution in [0.2, 0.25) is 5.15 Å². The first kappa shape index (κ1) is 15.8. The van der Waals surface area contributed by atoms with Crippen LogP contribution in [-0.2, 0) is 22.5 Å². The Morgan fingerprint density at radius 2 is 2.08 bits per heavy atom. The van der Waals surface area contributed by atoms with E-state index in [4.69, 9.17) is 25.8 Å². The van der Waals surface area contributed by atoms with Crippen molar-refractivity contribution in [3.63, 3.8) is 0 Å². The van der Waals surface area contributed by atoms with Gasteiger partial charge in [0.25, 0.3) is 0 Å². The number of halogens is 1. The largest absolute Gasteiger partial charge is 0.467 e. The molecule has 0 radical (unpaired) electrons. The fraction of sp³-hybridized carbons (Fsp3) is 0.444. The molecular formula is C18H19ClN2O3. The molecule has 2 heterocycles. The number of aryl methyl sites for hydroxylation is 1. The Balaban J connectivity index is 1.80. The van der Waals surface area contributed by atoms with Gasteiger partial charge in [-0.25, -0.2) is 0 Å². The van der Waals surface area contributed by atoms with Gasteiger partial charge in [0.15, 0.2) is 11.9 Å². The van der Waals surface area contributed by atoms with E-state index in [0.717, 1.165) is 53.0 Å². The van der Waals surface area contributed by atoms with Gasteiger partial charge < -0.3 is 14.2 Å². The molecular weight excluding hydrogens is 328 g/mol. The molecule has 1 aromatic carbocycles. The number of ether oxygens (including phenoxy) is 3. The van der Waals surface area contributed by atoms with Crippen molar-refractivity contribution in [3.05, 3.63) is 40.0 Å². The van der Waals surface area contributed by atoms with Crippen molar-refractivity contribution in [3.8, 4) is 17.0 Å². The van der Waals surface area contributed by atoms with E-state index in [9.17, 15) is 0 Å². The topological polar surface area (TPSA) is 53.5 Å². The molecule has 1 fully saturated rings. The Morgan fingerprint density at radius 3 is 2.83 bits per heavy atom. The first-order valence-electron chi connectivity index (χ1n) is 8.02. The molecule has 0 N–H and O–H groups in total. The molecule has 0 atom stereocenters. The third-order valence-electron chi connectivity index (χ3n) is 4.69. The zero-order valence-corrected chi connectivity index (χ0v) is 14.5. The summed E-state index contributed by atoms with van der Waals surface area (Å²) in [6, 6.07) is 6.01. The first-order valence-corrected chi connectivity index (χ1v) is 8.40. The monoisotopic (exact) mass is 346 g/mol. The van der Waals surface area contributed by atoms with E-state index in [1.54, 1.807) is 7.11 Å². The third-order valence-corrected chi connectivity index (χ3v) is 4.99. The van der Waals surface area contributed by atoms with Crippen molar-refractivity contribution < 1.29 is 14.2 Å². The first-order chi connectivity index (χ1) is 11.6. The average Bonchev–Trinajstić information content (AvgIpc) is 3.33. The van der Waals surface area contributed by atoms with Gasteiger partial charge in [0, 0.05) is 30.2 Å². The molecule has 2 aromatic rings. The highest BCUT2D eigenvalue weighted by molar-refractivity contribution is 6.30. The quantitative estimate of drug-likeness (QED) is 0.790. The van der Waals surface area contributed by atoms with Crippen molar-refractivity contribution in [1.29, 1.82) is 0 Å². The van der Waals surface area contributed by atoms with Gasteiger partial charge in [-0.05, 0) is 37.5 Å². The van der Waals surface area contributed by atoms with Gasteiger partial charge in [-0.3, -0.25) is 0 Å². The van der Waals surface area contributed by atoms with E-state index < -0.39 is 0 Å². The number of benzene rings is 1. The molecule has 1 spiro atoms. The molecule has 5 nitrogen and oxygen atoms in total. The molecule has 0 unspecified atom stereocenters. The maximum atomic E-state index is 6.32. The van der Waals surface area contributed by atoms with Crippen molar-refractivity contribution in [2.75, 3.05) is 13.9 Å². The lowest BCUT2D eigenvalue weighted by molar-refractivity contribution is 0.00808. The molecule has 1 aromatic heterocycles. The van der Waals surface area contributed by atoms with E-state index >= 15 is 0 Å². The minimum absolute atomic E-state index is 0.0143. The lowest BCUT2D eigenvalue weighted by Crippen LogP contribution is -2.25. The summed E-state index contributed by atoms with van der Waals surface area (Å²) in [4.78, 5) is 0. The van der Waals surface area contributed by atoms with Crippen LogP contribution in [0.5, 0.6) is 5.75 Å². The van der Waals surface area contributed by atoms with Crippen LogP contribution >= 0.6 is 11.6 Å². The van der Waals surface area contributed by atoms with Crippen LogP contribution in [0, 0.1) is 6.92 Å². The van der Waals surface area contributed by atoms with Crippen LogP contribution in [0.25, 0.3) is 11.3 Å². The van der Waals surface area contributed by atoms with Gasteiger partial charge in [-0.2, -0.15) is 0 Å². The van der Waals surface area contributed by atoms with E-state index in [-0.39, 0.29) is 12.4 Å². The zero-order chi connectivity index (χ0) is 16.7. The van der Waals surface area contributed by atoms with Crippen molar-refractivity contribution in [1.82, 2.24) is 10.2 Å². The Labute approximate surface area is 145 Å². The number of fused-ring (bicyclic) bond motifs is 1. The molecule has 2 aliphatic rings. The third kappa shape index (κ3) is 2.77. The fourth-order valence-electron chi connectivity index (χ4n) is 3.16. The van der Waals surface area contributed by atoms with Crippen LogP contribution < -0.4 is 4.74 Å². The second kappa shape index (κ2) is 5.99. The van der Waals surface area contributed by atoms with Gasteiger partial charge in [0.2, 0.25) is 0 Å². The minimum atomic E-state index is -0.0143. The van der Waals surface area contributed by atoms with Gasteiger partial charge in [-0.15, -0.1) is 10.2 Å². The predicted octanol–water partition coefficient (Wildman–Crippen LogP) is 3.69. The zero-order valence-electron chi connectivity index (χ0n) is 13.8. The van der Waals surface area contributed by atoms with Gasteiger partial charge in [0.1, 0.15) is 11.4 Å². The van der Waals surface area contributed by atoms with E-state index in [1.165, 1.54) is 0 Å². The highest BCUT2D eigenvalue weighted by Gasteiger charge is 2.47. The van der Waals surface area contributed by atoms with Gasteiger partial charge in [-0.1, -0.05) is 17.7 Å².